The van der Waals surface area contributed by atoms with Crippen molar-refractivity contribution in [2.75, 3.05) is 0 Å². The van der Waals surface area contributed by atoms with Crippen molar-refractivity contribution in [3.8, 4) is 0 Å². The first-order chi connectivity index (χ1) is 8.33. The summed E-state index contributed by atoms with van der Waals surface area (Å²) >= 11 is 3.46. The molecule has 0 radical (unpaired) electrons. The van der Waals surface area contributed by atoms with Gasteiger partial charge in [-0.1, -0.05) is 36.4 Å². The molecule has 0 N–H and O–H groups in total. The van der Waals surface area contributed by atoms with Crippen molar-refractivity contribution in [3.05, 3.63) is 64.5 Å². The molecule has 0 saturated heterocycles. The normalized spacial score (nSPS) is 10.9. The van der Waals surface area contributed by atoms with Gasteiger partial charge in [0.05, 0.1) is 0 Å². The second kappa shape index (κ2) is 4.30. The number of aromatic nitrogens is 3. The predicted molar refractivity (Wildman–Crippen MR) is 69.9 cm³/mol. The fourth-order valence-corrected chi connectivity index (χ4v) is 2.18. The monoisotopic (exact) mass is 287 g/mol. The molecule has 84 valence electrons. The molecule has 1 aromatic carbocycles. The van der Waals surface area contributed by atoms with E-state index in [4.69, 9.17) is 0 Å². The summed E-state index contributed by atoms with van der Waals surface area (Å²) in [6.07, 6.45) is 0.759. The van der Waals surface area contributed by atoms with Gasteiger partial charge in [0.25, 0.3) is 0 Å². The summed E-state index contributed by atoms with van der Waals surface area (Å²) in [7, 11) is 0. The maximum absolute atomic E-state index is 4.49. The Morgan fingerprint density at radius 1 is 1.00 bits per heavy atom. The second-order valence-corrected chi connectivity index (χ2v) is 4.62. The van der Waals surface area contributed by atoms with Gasteiger partial charge in [0.1, 0.15) is 4.60 Å². The molecule has 0 aliphatic rings. The van der Waals surface area contributed by atoms with E-state index in [1.165, 1.54) is 5.56 Å². The average Bonchev–Trinajstić information content (AvgIpc) is 2.74. The summed E-state index contributed by atoms with van der Waals surface area (Å²) < 4.78 is 2.72. The average molecular weight is 288 g/mol. The lowest BCUT2D eigenvalue weighted by molar-refractivity contribution is 0.883. The summed E-state index contributed by atoms with van der Waals surface area (Å²) in [4.78, 5) is 4.49. The first kappa shape index (κ1) is 10.5. The van der Waals surface area contributed by atoms with Crippen molar-refractivity contribution < 1.29 is 0 Å². The van der Waals surface area contributed by atoms with Crippen LogP contribution >= 0.6 is 15.9 Å². The molecule has 2 heterocycles. The molecule has 0 unspecified atom stereocenters. The van der Waals surface area contributed by atoms with E-state index in [-0.39, 0.29) is 0 Å². The van der Waals surface area contributed by atoms with E-state index < -0.39 is 0 Å². The predicted octanol–water partition coefficient (Wildman–Crippen LogP) is 3.08. The first-order valence-electron chi connectivity index (χ1n) is 5.37. The fraction of sp³-hybridized carbons (Fsp3) is 0.0769. The van der Waals surface area contributed by atoms with Gasteiger partial charge in [-0.25, -0.2) is 9.50 Å². The Morgan fingerprint density at radius 3 is 2.59 bits per heavy atom. The highest BCUT2D eigenvalue weighted by Crippen LogP contribution is 2.13. The summed E-state index contributed by atoms with van der Waals surface area (Å²) in [6.45, 7) is 0. The van der Waals surface area contributed by atoms with Crippen molar-refractivity contribution in [1.29, 1.82) is 0 Å². The summed E-state index contributed by atoms with van der Waals surface area (Å²) in [6, 6.07) is 16.1. The van der Waals surface area contributed by atoms with Gasteiger partial charge in [0.15, 0.2) is 11.5 Å². The number of rotatable bonds is 2. The van der Waals surface area contributed by atoms with Crippen LogP contribution in [-0.4, -0.2) is 14.6 Å². The third-order valence-electron chi connectivity index (χ3n) is 2.56. The van der Waals surface area contributed by atoms with Crippen molar-refractivity contribution in [1.82, 2.24) is 14.6 Å². The van der Waals surface area contributed by atoms with Gasteiger partial charge in [0.2, 0.25) is 0 Å². The van der Waals surface area contributed by atoms with Gasteiger partial charge in [0, 0.05) is 6.42 Å². The van der Waals surface area contributed by atoms with Crippen LogP contribution in [0.1, 0.15) is 11.4 Å². The van der Waals surface area contributed by atoms with Crippen LogP contribution in [0.2, 0.25) is 0 Å². The molecule has 3 aromatic rings. The number of halogens is 1. The molecule has 3 rings (SSSR count). The fourth-order valence-electron chi connectivity index (χ4n) is 1.77. The molecule has 0 fully saturated rings. The Bertz CT molecular complexity index is 646. The van der Waals surface area contributed by atoms with E-state index in [1.807, 2.05) is 36.4 Å². The minimum Gasteiger partial charge on any atom is -0.212 e. The third-order valence-corrected chi connectivity index (χ3v) is 3.16. The summed E-state index contributed by atoms with van der Waals surface area (Å²) in [5, 5.41) is 4.47. The molecule has 0 amide bonds. The van der Waals surface area contributed by atoms with Gasteiger partial charge < -0.3 is 0 Å². The Morgan fingerprint density at radius 2 is 1.82 bits per heavy atom. The molecule has 0 atom stereocenters. The molecule has 0 saturated carbocycles. The first-order valence-corrected chi connectivity index (χ1v) is 6.16. The highest BCUT2D eigenvalue weighted by molar-refractivity contribution is 9.10. The van der Waals surface area contributed by atoms with Gasteiger partial charge in [-0.2, -0.15) is 0 Å². The Kier molecular flexibility index (Phi) is 2.65. The molecule has 3 nitrogen and oxygen atoms in total. The number of pyridine rings is 1. The van der Waals surface area contributed by atoms with Crippen LogP contribution in [0.5, 0.6) is 0 Å². The van der Waals surface area contributed by atoms with Crippen LogP contribution in [0.25, 0.3) is 5.65 Å². The summed E-state index contributed by atoms with van der Waals surface area (Å²) in [5.41, 5.74) is 2.09. The maximum atomic E-state index is 4.49. The molecule has 4 heteroatoms. The van der Waals surface area contributed by atoms with E-state index in [0.29, 0.717) is 0 Å². The lowest BCUT2D eigenvalue weighted by Gasteiger charge is -1.95. The highest BCUT2D eigenvalue weighted by Gasteiger charge is 2.05. The number of fused-ring (bicyclic) bond motifs is 1. The van der Waals surface area contributed by atoms with Crippen LogP contribution in [0.15, 0.2) is 53.1 Å². The zero-order valence-corrected chi connectivity index (χ0v) is 10.6. The topological polar surface area (TPSA) is 30.2 Å². The Balaban J connectivity index is 1.99. The third kappa shape index (κ3) is 2.08. The second-order valence-electron chi connectivity index (χ2n) is 3.81. The van der Waals surface area contributed by atoms with Crippen molar-refractivity contribution >= 4 is 21.6 Å². The Hall–Kier alpha value is -1.68. The van der Waals surface area contributed by atoms with Crippen molar-refractivity contribution in [3.63, 3.8) is 0 Å². The summed E-state index contributed by atoms with van der Waals surface area (Å²) in [5.74, 6) is 0.836. The van der Waals surface area contributed by atoms with Crippen LogP contribution in [0, 0.1) is 0 Å². The molecule has 17 heavy (non-hydrogen) atoms. The largest absolute Gasteiger partial charge is 0.212 e. The van der Waals surface area contributed by atoms with Crippen molar-refractivity contribution in [2.45, 2.75) is 6.42 Å². The molecule has 2 aromatic heterocycles. The van der Waals surface area contributed by atoms with E-state index >= 15 is 0 Å². The highest BCUT2D eigenvalue weighted by atomic mass is 79.9. The Labute approximate surface area is 107 Å². The van der Waals surface area contributed by atoms with E-state index in [1.54, 1.807) is 4.52 Å². The van der Waals surface area contributed by atoms with Crippen LogP contribution in [0.4, 0.5) is 0 Å². The molecule has 0 spiro atoms. The van der Waals surface area contributed by atoms with Gasteiger partial charge in [-0.05, 0) is 33.6 Å². The molecule has 0 aliphatic carbocycles. The van der Waals surface area contributed by atoms with Crippen LogP contribution in [0.3, 0.4) is 0 Å². The zero-order valence-electron chi connectivity index (χ0n) is 9.05. The van der Waals surface area contributed by atoms with E-state index in [0.717, 1.165) is 22.5 Å². The van der Waals surface area contributed by atoms with Gasteiger partial charge in [-0.3, -0.25) is 0 Å². The molecule has 0 aliphatic heterocycles. The number of hydrogen-bond donors (Lipinski definition) is 0. The minimum atomic E-state index is 0.759. The van der Waals surface area contributed by atoms with E-state index in [9.17, 15) is 0 Å². The molecule has 0 bridgehead atoms. The SMILES string of the molecule is Brc1cccc2nc(Cc3ccccc3)nn12. The smallest absolute Gasteiger partial charge is 0.156 e. The van der Waals surface area contributed by atoms with Crippen LogP contribution in [-0.2, 0) is 6.42 Å². The lowest BCUT2D eigenvalue weighted by Crippen LogP contribution is -1.92. The van der Waals surface area contributed by atoms with Crippen LogP contribution < -0.4 is 0 Å². The standard InChI is InChI=1S/C13H10BrN3/c14-11-7-4-8-13-15-12(16-17(11)13)9-10-5-2-1-3-6-10/h1-8H,9H2. The van der Waals surface area contributed by atoms with Crippen molar-refractivity contribution in [2.24, 2.45) is 0 Å². The molecular formula is C13H10BrN3. The number of nitrogens with zero attached hydrogens (tertiary/aromatic N) is 3. The van der Waals surface area contributed by atoms with E-state index in [2.05, 4.69) is 38.1 Å². The van der Waals surface area contributed by atoms with Gasteiger partial charge in [-0.15, -0.1) is 5.10 Å². The minimum absolute atomic E-state index is 0.759. The maximum Gasteiger partial charge on any atom is 0.156 e. The molecular weight excluding hydrogens is 278 g/mol. The number of benzene rings is 1. The zero-order chi connectivity index (χ0) is 11.7. The number of hydrogen-bond acceptors (Lipinski definition) is 2. The van der Waals surface area contributed by atoms with Gasteiger partial charge >= 0.3 is 0 Å². The lowest BCUT2D eigenvalue weighted by atomic mass is 10.1. The quantitative estimate of drug-likeness (QED) is 0.678.